The summed E-state index contributed by atoms with van der Waals surface area (Å²) in [5.74, 6) is -0.140. The van der Waals surface area contributed by atoms with Gasteiger partial charge in [0, 0.05) is 13.3 Å². The maximum atomic E-state index is 12.3. The standard InChI is InChI=1S/C15H16ClNO4S/c1-10(11-4-6-12(7-5-11)22(3,19)20)17(2)15(18)13-8-9-14(16)21-13/h4-10H,1-3H3/t10-/m1/s1. The minimum atomic E-state index is -3.23. The van der Waals surface area contributed by atoms with Gasteiger partial charge in [0.2, 0.25) is 0 Å². The minimum absolute atomic E-state index is 0.155. The second-order valence-corrected chi connectivity index (χ2v) is 7.43. The number of amides is 1. The Kier molecular flexibility index (Phi) is 4.63. The Morgan fingerprint density at radius 2 is 1.77 bits per heavy atom. The van der Waals surface area contributed by atoms with E-state index in [0.717, 1.165) is 11.8 Å². The molecule has 0 bridgehead atoms. The van der Waals surface area contributed by atoms with Crippen LogP contribution in [0.3, 0.4) is 0 Å². The summed E-state index contributed by atoms with van der Waals surface area (Å²) in [4.78, 5) is 14.0. The largest absolute Gasteiger partial charge is 0.440 e. The lowest BCUT2D eigenvalue weighted by atomic mass is 10.1. The maximum absolute atomic E-state index is 12.3. The van der Waals surface area contributed by atoms with E-state index in [-0.39, 0.29) is 27.8 Å². The molecule has 0 radical (unpaired) electrons. The molecule has 0 spiro atoms. The summed E-state index contributed by atoms with van der Waals surface area (Å²) in [5.41, 5.74) is 0.820. The van der Waals surface area contributed by atoms with E-state index in [9.17, 15) is 13.2 Å². The van der Waals surface area contributed by atoms with Gasteiger partial charge in [0.25, 0.3) is 5.91 Å². The number of furan rings is 1. The normalized spacial score (nSPS) is 12.9. The molecule has 1 heterocycles. The number of hydrogen-bond donors (Lipinski definition) is 0. The van der Waals surface area contributed by atoms with Crippen molar-refractivity contribution in [2.75, 3.05) is 13.3 Å². The molecule has 0 aliphatic heterocycles. The van der Waals surface area contributed by atoms with Crippen molar-refractivity contribution in [3.8, 4) is 0 Å². The Morgan fingerprint density at radius 1 is 1.18 bits per heavy atom. The van der Waals surface area contributed by atoms with Crippen molar-refractivity contribution in [3.05, 3.63) is 52.9 Å². The number of carbonyl (C=O) groups excluding carboxylic acids is 1. The summed E-state index contributed by atoms with van der Waals surface area (Å²) in [5, 5.41) is 0.155. The summed E-state index contributed by atoms with van der Waals surface area (Å²) in [6.45, 7) is 1.85. The lowest BCUT2D eigenvalue weighted by Crippen LogP contribution is -2.29. The Hall–Kier alpha value is -1.79. The monoisotopic (exact) mass is 341 g/mol. The third-order valence-electron chi connectivity index (χ3n) is 3.48. The molecular weight excluding hydrogens is 326 g/mol. The van der Waals surface area contributed by atoms with Crippen molar-refractivity contribution in [2.24, 2.45) is 0 Å². The molecule has 0 unspecified atom stereocenters. The number of nitrogens with zero attached hydrogens (tertiary/aromatic N) is 1. The van der Waals surface area contributed by atoms with Crippen LogP contribution in [0.25, 0.3) is 0 Å². The molecule has 1 amide bonds. The molecule has 1 atom stereocenters. The first kappa shape index (κ1) is 16.6. The Labute approximate surface area is 134 Å². The SMILES string of the molecule is C[C@H](c1ccc(S(C)(=O)=O)cc1)N(C)C(=O)c1ccc(Cl)o1. The molecule has 2 rings (SSSR count). The van der Waals surface area contributed by atoms with Crippen molar-refractivity contribution in [3.63, 3.8) is 0 Å². The lowest BCUT2D eigenvalue weighted by molar-refractivity contribution is 0.0710. The van der Waals surface area contributed by atoms with Gasteiger partial charge in [-0.05, 0) is 48.4 Å². The third kappa shape index (κ3) is 3.51. The Balaban J connectivity index is 2.20. The predicted octanol–water partition coefficient (Wildman–Crippen LogP) is 3.17. The summed E-state index contributed by atoms with van der Waals surface area (Å²) < 4.78 is 28.0. The van der Waals surface area contributed by atoms with E-state index in [0.29, 0.717) is 0 Å². The number of sulfone groups is 1. The maximum Gasteiger partial charge on any atom is 0.289 e. The zero-order chi connectivity index (χ0) is 16.5. The zero-order valence-corrected chi connectivity index (χ0v) is 14.0. The minimum Gasteiger partial charge on any atom is -0.440 e. The van der Waals surface area contributed by atoms with Gasteiger partial charge in [0.15, 0.2) is 20.8 Å². The van der Waals surface area contributed by atoms with Crippen LogP contribution < -0.4 is 0 Å². The van der Waals surface area contributed by atoms with E-state index < -0.39 is 9.84 Å². The zero-order valence-electron chi connectivity index (χ0n) is 12.4. The summed E-state index contributed by atoms with van der Waals surface area (Å²) >= 11 is 5.67. The van der Waals surface area contributed by atoms with Crippen LogP contribution in [0, 0.1) is 0 Å². The van der Waals surface area contributed by atoms with Crippen LogP contribution in [-0.2, 0) is 9.84 Å². The fourth-order valence-corrected chi connectivity index (χ4v) is 2.77. The van der Waals surface area contributed by atoms with Crippen LogP contribution >= 0.6 is 11.6 Å². The van der Waals surface area contributed by atoms with Crippen molar-refractivity contribution < 1.29 is 17.6 Å². The number of benzene rings is 1. The summed E-state index contributed by atoms with van der Waals surface area (Å²) in [6, 6.07) is 9.23. The highest BCUT2D eigenvalue weighted by molar-refractivity contribution is 7.90. The molecule has 22 heavy (non-hydrogen) atoms. The van der Waals surface area contributed by atoms with Gasteiger partial charge in [-0.1, -0.05) is 12.1 Å². The van der Waals surface area contributed by atoms with E-state index in [1.165, 1.54) is 29.2 Å². The van der Waals surface area contributed by atoms with Crippen LogP contribution in [0.5, 0.6) is 0 Å². The average molecular weight is 342 g/mol. The molecule has 5 nitrogen and oxygen atoms in total. The highest BCUT2D eigenvalue weighted by Gasteiger charge is 2.21. The van der Waals surface area contributed by atoms with Crippen LogP contribution in [0.1, 0.15) is 29.1 Å². The molecule has 0 saturated heterocycles. The van der Waals surface area contributed by atoms with Gasteiger partial charge >= 0.3 is 0 Å². The van der Waals surface area contributed by atoms with Gasteiger partial charge < -0.3 is 9.32 Å². The van der Waals surface area contributed by atoms with Crippen molar-refractivity contribution in [1.82, 2.24) is 4.90 Å². The Bertz CT molecular complexity index is 780. The van der Waals surface area contributed by atoms with E-state index >= 15 is 0 Å². The van der Waals surface area contributed by atoms with Crippen molar-refractivity contribution in [1.29, 1.82) is 0 Å². The predicted molar refractivity (Wildman–Crippen MR) is 83.8 cm³/mol. The van der Waals surface area contributed by atoms with Gasteiger partial charge in [0.05, 0.1) is 10.9 Å². The fraction of sp³-hybridized carbons (Fsp3) is 0.267. The molecule has 1 aromatic heterocycles. The fourth-order valence-electron chi connectivity index (χ4n) is 2.00. The van der Waals surface area contributed by atoms with Crippen LogP contribution in [0.2, 0.25) is 5.22 Å². The molecule has 2 aromatic rings. The summed E-state index contributed by atoms with van der Waals surface area (Å²) in [6.07, 6.45) is 1.15. The van der Waals surface area contributed by atoms with Gasteiger partial charge in [0.1, 0.15) is 0 Å². The summed E-state index contributed by atoms with van der Waals surface area (Å²) in [7, 11) is -1.59. The van der Waals surface area contributed by atoms with Crippen LogP contribution in [0.4, 0.5) is 0 Å². The average Bonchev–Trinajstić information content (AvgIpc) is 2.90. The number of carbonyl (C=O) groups is 1. The van der Waals surface area contributed by atoms with E-state index in [1.807, 2.05) is 6.92 Å². The van der Waals surface area contributed by atoms with Crippen LogP contribution in [0.15, 0.2) is 45.7 Å². The van der Waals surface area contributed by atoms with Crippen LogP contribution in [-0.4, -0.2) is 32.5 Å². The topological polar surface area (TPSA) is 67.6 Å². The molecule has 0 fully saturated rings. The number of rotatable bonds is 4. The van der Waals surface area contributed by atoms with Gasteiger partial charge in [-0.25, -0.2) is 8.42 Å². The molecular formula is C15H16ClNO4S. The highest BCUT2D eigenvalue weighted by atomic mass is 35.5. The number of halogens is 1. The molecule has 1 aromatic carbocycles. The van der Waals surface area contributed by atoms with E-state index in [2.05, 4.69) is 0 Å². The first-order chi connectivity index (χ1) is 10.2. The second kappa shape index (κ2) is 6.14. The first-order valence-electron chi connectivity index (χ1n) is 6.52. The highest BCUT2D eigenvalue weighted by Crippen LogP contribution is 2.23. The van der Waals surface area contributed by atoms with Gasteiger partial charge in [-0.3, -0.25) is 4.79 Å². The third-order valence-corrected chi connectivity index (χ3v) is 4.81. The Morgan fingerprint density at radius 3 is 2.23 bits per heavy atom. The molecule has 7 heteroatoms. The number of hydrogen-bond acceptors (Lipinski definition) is 4. The first-order valence-corrected chi connectivity index (χ1v) is 8.79. The van der Waals surface area contributed by atoms with E-state index in [1.54, 1.807) is 19.2 Å². The van der Waals surface area contributed by atoms with Crippen molar-refractivity contribution in [2.45, 2.75) is 17.9 Å². The van der Waals surface area contributed by atoms with Gasteiger partial charge in [-0.15, -0.1) is 0 Å². The van der Waals surface area contributed by atoms with E-state index in [4.69, 9.17) is 16.0 Å². The van der Waals surface area contributed by atoms with Gasteiger partial charge in [-0.2, -0.15) is 0 Å². The quantitative estimate of drug-likeness (QED) is 0.856. The second-order valence-electron chi connectivity index (χ2n) is 5.04. The molecule has 0 N–H and O–H groups in total. The van der Waals surface area contributed by atoms with Crippen molar-refractivity contribution >= 4 is 27.3 Å². The smallest absolute Gasteiger partial charge is 0.289 e. The molecule has 0 saturated carbocycles. The molecule has 118 valence electrons. The molecule has 0 aliphatic carbocycles. The molecule has 0 aliphatic rings. The lowest BCUT2D eigenvalue weighted by Gasteiger charge is -2.24.